The van der Waals surface area contributed by atoms with E-state index in [1.807, 2.05) is 0 Å². The van der Waals surface area contributed by atoms with E-state index in [4.69, 9.17) is 0 Å². The Balaban J connectivity index is 1.49. The summed E-state index contributed by atoms with van der Waals surface area (Å²) in [6, 6.07) is 0. The van der Waals surface area contributed by atoms with Gasteiger partial charge in [-0.3, -0.25) is 0 Å². The van der Waals surface area contributed by atoms with Gasteiger partial charge in [-0.15, -0.1) is 0 Å². The summed E-state index contributed by atoms with van der Waals surface area (Å²) < 4.78 is 13.3. The molecule has 0 heterocycles. The Morgan fingerprint density at radius 3 is 2.72 bits per heavy atom. The third-order valence-electron chi connectivity index (χ3n) is 9.59. The van der Waals surface area contributed by atoms with E-state index in [2.05, 4.69) is 20.8 Å². The first-order chi connectivity index (χ1) is 13.9. The Hall–Kier alpha value is -0.0200. The molecule has 2 saturated carbocycles. The molecule has 0 saturated heterocycles. The molecule has 0 radical (unpaired) electrons. The molecule has 7 atom stereocenters. The van der Waals surface area contributed by atoms with Crippen LogP contribution in [0.1, 0.15) is 97.8 Å². The molecule has 166 valence electrons. The Bertz CT molecular complexity index is 602. The molecule has 0 spiro atoms. The average Bonchev–Trinajstić information content (AvgIpc) is 3.02. The minimum absolute atomic E-state index is 0.187. The van der Waals surface area contributed by atoms with Crippen molar-refractivity contribution in [1.29, 1.82) is 0 Å². The van der Waals surface area contributed by atoms with Gasteiger partial charge in [0.25, 0.3) is 0 Å². The Labute approximate surface area is 183 Å². The van der Waals surface area contributed by atoms with Crippen LogP contribution in [0.25, 0.3) is 0 Å². The zero-order valence-electron chi connectivity index (χ0n) is 19.0. The van der Waals surface area contributed by atoms with Crippen LogP contribution in [0.15, 0.2) is 11.1 Å². The molecular weight excluding hydrogens is 379 g/mol. The van der Waals surface area contributed by atoms with Crippen LogP contribution in [0.2, 0.25) is 0 Å². The second-order valence-electron chi connectivity index (χ2n) is 11.5. The molecule has 4 aliphatic carbocycles. The molecule has 1 N–H and O–H groups in total. The molecule has 0 aromatic heterocycles. The maximum absolute atomic E-state index is 13.3. The topological polar surface area (TPSA) is 20.2 Å². The van der Waals surface area contributed by atoms with Gasteiger partial charge in [-0.1, -0.05) is 51.2 Å². The van der Waals surface area contributed by atoms with Crippen LogP contribution in [-0.2, 0) is 0 Å². The van der Waals surface area contributed by atoms with Crippen molar-refractivity contribution >= 4 is 12.1 Å². The quantitative estimate of drug-likeness (QED) is 0.334. The van der Waals surface area contributed by atoms with E-state index in [9.17, 15) is 8.99 Å². The average molecular weight is 423 g/mol. The highest BCUT2D eigenvalue weighted by Crippen LogP contribution is 2.64. The number of hydrogen-bond acceptors (Lipinski definition) is 2. The number of halogens is 1. The predicted molar refractivity (Wildman–Crippen MR) is 122 cm³/mol. The van der Waals surface area contributed by atoms with E-state index in [-0.39, 0.29) is 6.10 Å². The maximum atomic E-state index is 13.3. The highest BCUT2D eigenvalue weighted by molar-refractivity contribution is 7.94. The van der Waals surface area contributed by atoms with Gasteiger partial charge in [0.1, 0.15) is 0 Å². The van der Waals surface area contributed by atoms with Crippen molar-refractivity contribution in [3.8, 4) is 0 Å². The summed E-state index contributed by atoms with van der Waals surface area (Å²) >= 11 is 0.529. The Morgan fingerprint density at radius 2 is 1.97 bits per heavy atom. The number of rotatable bonds is 7. The number of fused-ring (bicyclic) bond motifs is 4. The van der Waals surface area contributed by atoms with Crippen LogP contribution >= 0.6 is 12.1 Å². The Morgan fingerprint density at radius 1 is 1.14 bits per heavy atom. The summed E-state index contributed by atoms with van der Waals surface area (Å²) in [7, 11) is 0. The lowest BCUT2D eigenvalue weighted by Gasteiger charge is -2.54. The lowest BCUT2D eigenvalue weighted by molar-refractivity contribution is 0.00123. The molecule has 5 unspecified atom stereocenters. The second kappa shape index (κ2) is 9.23. The number of aliphatic hydroxyl groups is 1. The van der Waals surface area contributed by atoms with Gasteiger partial charge in [0.2, 0.25) is 0 Å². The molecule has 0 amide bonds. The Kier molecular flexibility index (Phi) is 7.06. The molecule has 0 aliphatic heterocycles. The van der Waals surface area contributed by atoms with Gasteiger partial charge < -0.3 is 5.11 Å². The van der Waals surface area contributed by atoms with E-state index in [0.717, 1.165) is 48.9 Å². The van der Waals surface area contributed by atoms with Gasteiger partial charge in [-0.05, 0) is 98.7 Å². The van der Waals surface area contributed by atoms with Crippen LogP contribution in [0, 0.1) is 40.9 Å². The number of allylic oxidation sites excluding steroid dienone is 1. The summed E-state index contributed by atoms with van der Waals surface area (Å²) in [5.74, 6) is 5.11. The van der Waals surface area contributed by atoms with E-state index >= 15 is 0 Å². The fourth-order valence-corrected chi connectivity index (χ4v) is 8.60. The normalized spacial score (nSPS) is 42.0. The first kappa shape index (κ1) is 22.2. The third-order valence-corrected chi connectivity index (χ3v) is 10.1. The SMILES string of the molecule is CC(C)CCCC[C@H]1CCC2[C@@H]3CC(CSF)C4=C(CCC(O)C4)C3CCC21C. The minimum Gasteiger partial charge on any atom is -0.393 e. The molecule has 4 rings (SSSR count). The van der Waals surface area contributed by atoms with E-state index in [1.54, 1.807) is 5.57 Å². The lowest BCUT2D eigenvalue weighted by atomic mass is 9.51. The van der Waals surface area contributed by atoms with Crippen LogP contribution < -0.4 is 0 Å². The number of unbranched alkanes of at least 4 members (excludes halogenated alkanes) is 1. The molecule has 1 nitrogen and oxygen atoms in total. The second-order valence-corrected chi connectivity index (χ2v) is 12.1. The van der Waals surface area contributed by atoms with Gasteiger partial charge in [-0.2, -0.15) is 3.89 Å². The molecule has 0 aromatic rings. The van der Waals surface area contributed by atoms with E-state index in [1.165, 1.54) is 63.4 Å². The van der Waals surface area contributed by atoms with Crippen LogP contribution in [-0.4, -0.2) is 17.0 Å². The summed E-state index contributed by atoms with van der Waals surface area (Å²) in [6.45, 7) is 7.31. The zero-order valence-corrected chi connectivity index (χ0v) is 19.8. The highest BCUT2D eigenvalue weighted by Gasteiger charge is 2.55. The molecule has 29 heavy (non-hydrogen) atoms. The van der Waals surface area contributed by atoms with Gasteiger partial charge in [-0.25, -0.2) is 0 Å². The molecule has 2 fully saturated rings. The number of aliphatic hydroxyl groups excluding tert-OH is 1. The monoisotopic (exact) mass is 422 g/mol. The van der Waals surface area contributed by atoms with Crippen molar-refractivity contribution in [2.45, 2.75) is 104 Å². The van der Waals surface area contributed by atoms with Crippen molar-refractivity contribution < 1.29 is 8.99 Å². The van der Waals surface area contributed by atoms with Crippen LogP contribution in [0.5, 0.6) is 0 Å². The van der Waals surface area contributed by atoms with Gasteiger partial charge in [0.15, 0.2) is 0 Å². The fraction of sp³-hybridized carbons (Fsp3) is 0.923. The standard InChI is InChI=1S/C26H43FOS/c1-17(2)6-4-5-7-19-8-11-25-24-14-18(16-29-27)23-15-20(28)9-10-21(23)22(24)12-13-26(19,25)3/h17-20,22,24-25,28H,4-16H2,1-3H3/t18?,19-,20?,22?,24+,25?,26?/m0/s1. The minimum atomic E-state index is -0.187. The van der Waals surface area contributed by atoms with Crippen molar-refractivity contribution in [1.82, 2.24) is 0 Å². The number of hydrogen-bond donors (Lipinski definition) is 1. The van der Waals surface area contributed by atoms with Crippen LogP contribution in [0.4, 0.5) is 3.89 Å². The van der Waals surface area contributed by atoms with Crippen molar-refractivity contribution in [2.24, 2.45) is 40.9 Å². The van der Waals surface area contributed by atoms with Gasteiger partial charge in [0.05, 0.1) is 6.10 Å². The molecule has 4 aliphatic rings. The summed E-state index contributed by atoms with van der Waals surface area (Å²) in [5.41, 5.74) is 3.67. The molecule has 0 aromatic carbocycles. The summed E-state index contributed by atoms with van der Waals surface area (Å²) in [5, 5.41) is 10.3. The van der Waals surface area contributed by atoms with Crippen molar-refractivity contribution in [3.63, 3.8) is 0 Å². The lowest BCUT2D eigenvalue weighted by Crippen LogP contribution is -2.46. The van der Waals surface area contributed by atoms with Gasteiger partial charge >= 0.3 is 0 Å². The smallest absolute Gasteiger partial charge is 0.0580 e. The molecule has 3 heteroatoms. The summed E-state index contributed by atoms with van der Waals surface area (Å²) in [6.07, 6.45) is 15.0. The van der Waals surface area contributed by atoms with Gasteiger partial charge in [0, 0.05) is 17.9 Å². The molecule has 0 bridgehead atoms. The van der Waals surface area contributed by atoms with Crippen molar-refractivity contribution in [2.75, 3.05) is 5.75 Å². The van der Waals surface area contributed by atoms with E-state index < -0.39 is 0 Å². The summed E-state index contributed by atoms with van der Waals surface area (Å²) in [4.78, 5) is 0. The van der Waals surface area contributed by atoms with Crippen molar-refractivity contribution in [3.05, 3.63) is 11.1 Å². The molecular formula is C26H43FOS. The van der Waals surface area contributed by atoms with E-state index in [0.29, 0.717) is 29.2 Å². The largest absolute Gasteiger partial charge is 0.393 e. The fourth-order valence-electron chi connectivity index (χ4n) is 8.11. The predicted octanol–water partition coefficient (Wildman–Crippen LogP) is 7.74. The zero-order chi connectivity index (χ0) is 20.6. The first-order valence-electron chi connectivity index (χ1n) is 12.6. The third kappa shape index (κ3) is 4.34. The first-order valence-corrected chi connectivity index (χ1v) is 13.5. The van der Waals surface area contributed by atoms with Crippen LogP contribution in [0.3, 0.4) is 0 Å². The maximum Gasteiger partial charge on any atom is 0.0580 e. The highest BCUT2D eigenvalue weighted by atomic mass is 32.2.